The van der Waals surface area contributed by atoms with Crippen LogP contribution in [0.3, 0.4) is 0 Å². The molecule has 2 unspecified atom stereocenters. The third kappa shape index (κ3) is 2.78. The number of hydrogen-bond acceptors (Lipinski definition) is 4. The van der Waals surface area contributed by atoms with E-state index in [1.807, 2.05) is 11.8 Å². The van der Waals surface area contributed by atoms with Crippen LogP contribution in [0.4, 0.5) is 0 Å². The fourth-order valence-corrected chi connectivity index (χ4v) is 1.63. The van der Waals surface area contributed by atoms with Crippen LogP contribution in [0.15, 0.2) is 0 Å². The van der Waals surface area contributed by atoms with Crippen LogP contribution in [0.25, 0.3) is 0 Å². The molecular formula is C9H17N3O2. The molecular weight excluding hydrogens is 182 g/mol. The summed E-state index contributed by atoms with van der Waals surface area (Å²) in [4.78, 5) is 23.9. The summed E-state index contributed by atoms with van der Waals surface area (Å²) in [6.07, 6.45) is 0.548. The molecule has 1 aliphatic heterocycles. The Bertz CT molecular complexity index is 242. The molecule has 4 N–H and O–H groups in total. The molecule has 0 radical (unpaired) electrons. The van der Waals surface area contributed by atoms with Gasteiger partial charge in [-0.25, -0.2) is 0 Å². The van der Waals surface area contributed by atoms with Gasteiger partial charge >= 0.3 is 0 Å². The number of rotatable bonds is 3. The van der Waals surface area contributed by atoms with Crippen LogP contribution in [0.1, 0.15) is 13.3 Å². The molecule has 0 spiro atoms. The molecule has 0 aromatic carbocycles. The molecule has 80 valence electrons. The highest BCUT2D eigenvalue weighted by Gasteiger charge is 2.25. The molecule has 1 aliphatic rings. The molecule has 5 nitrogen and oxygen atoms in total. The zero-order chi connectivity index (χ0) is 10.7. The summed E-state index contributed by atoms with van der Waals surface area (Å²) in [7, 11) is 0. The first-order chi connectivity index (χ1) is 6.50. The Balaban J connectivity index is 2.40. The van der Waals surface area contributed by atoms with E-state index in [0.717, 1.165) is 0 Å². The van der Waals surface area contributed by atoms with Gasteiger partial charge in [0, 0.05) is 32.0 Å². The summed E-state index contributed by atoms with van der Waals surface area (Å²) < 4.78 is 0. The molecule has 1 fully saturated rings. The van der Waals surface area contributed by atoms with Crippen molar-refractivity contribution in [2.24, 2.45) is 17.4 Å². The van der Waals surface area contributed by atoms with Crippen LogP contribution < -0.4 is 11.5 Å². The van der Waals surface area contributed by atoms with E-state index < -0.39 is 11.9 Å². The summed E-state index contributed by atoms with van der Waals surface area (Å²) in [5.74, 6) is -0.160. The van der Waals surface area contributed by atoms with E-state index >= 15 is 0 Å². The maximum Gasteiger partial charge on any atom is 0.235 e. The quantitative estimate of drug-likeness (QED) is 0.592. The van der Waals surface area contributed by atoms with E-state index in [9.17, 15) is 9.59 Å². The number of primary amides is 1. The van der Waals surface area contributed by atoms with E-state index in [1.54, 1.807) is 0 Å². The first-order valence-electron chi connectivity index (χ1n) is 4.80. The van der Waals surface area contributed by atoms with Crippen LogP contribution in [0, 0.1) is 5.92 Å². The van der Waals surface area contributed by atoms with Crippen molar-refractivity contribution in [1.29, 1.82) is 0 Å². The summed E-state index contributed by atoms with van der Waals surface area (Å²) in [5, 5.41) is 0. The number of ketones is 1. The van der Waals surface area contributed by atoms with Crippen molar-refractivity contribution in [1.82, 2.24) is 4.90 Å². The third-order valence-corrected chi connectivity index (χ3v) is 2.58. The van der Waals surface area contributed by atoms with E-state index in [1.165, 1.54) is 0 Å². The number of nitrogens with zero attached hydrogens (tertiary/aromatic N) is 1. The molecule has 0 aliphatic carbocycles. The summed E-state index contributed by atoms with van der Waals surface area (Å²) in [6, 6.07) is -0.629. The predicted octanol–water partition coefficient (Wildman–Crippen LogP) is -1.29. The van der Waals surface area contributed by atoms with Crippen LogP contribution in [0.5, 0.6) is 0 Å². The van der Waals surface area contributed by atoms with Gasteiger partial charge in [-0.1, -0.05) is 6.92 Å². The minimum Gasteiger partial charge on any atom is -0.368 e. The highest BCUT2D eigenvalue weighted by atomic mass is 16.1. The monoisotopic (exact) mass is 199 g/mol. The average molecular weight is 199 g/mol. The molecule has 2 atom stereocenters. The molecule has 5 heteroatoms. The van der Waals surface area contributed by atoms with Gasteiger partial charge in [0.15, 0.2) is 0 Å². The second-order valence-corrected chi connectivity index (χ2v) is 3.89. The fourth-order valence-electron chi connectivity index (χ4n) is 1.63. The molecule has 1 rings (SSSR count). The van der Waals surface area contributed by atoms with Crippen molar-refractivity contribution in [2.75, 3.05) is 19.6 Å². The minimum absolute atomic E-state index is 0.0452. The number of carbonyl (C=O) groups is 2. The lowest BCUT2D eigenvalue weighted by molar-refractivity contribution is -0.125. The first kappa shape index (κ1) is 11.1. The summed E-state index contributed by atoms with van der Waals surface area (Å²) in [6.45, 7) is 3.71. The summed E-state index contributed by atoms with van der Waals surface area (Å²) in [5.41, 5.74) is 10.6. The zero-order valence-electron chi connectivity index (χ0n) is 8.40. The van der Waals surface area contributed by atoms with Crippen molar-refractivity contribution < 1.29 is 9.59 Å². The van der Waals surface area contributed by atoms with E-state index in [0.29, 0.717) is 26.1 Å². The Hall–Kier alpha value is -0.940. The van der Waals surface area contributed by atoms with Crippen molar-refractivity contribution in [3.8, 4) is 0 Å². The van der Waals surface area contributed by atoms with Gasteiger partial charge in [0.05, 0.1) is 6.04 Å². The third-order valence-electron chi connectivity index (χ3n) is 2.58. The molecule has 1 amide bonds. The second-order valence-electron chi connectivity index (χ2n) is 3.89. The number of Topliss-reactive ketones (excluding diaryl/α,β-unsaturated/α-hetero) is 1. The fraction of sp³-hybridized carbons (Fsp3) is 0.778. The molecule has 0 saturated carbocycles. The maximum atomic E-state index is 11.2. The van der Waals surface area contributed by atoms with Crippen molar-refractivity contribution in [3.63, 3.8) is 0 Å². The topological polar surface area (TPSA) is 89.4 Å². The average Bonchev–Trinajstić information content (AvgIpc) is 2.11. The molecule has 1 saturated heterocycles. The normalized spacial score (nSPS) is 26.1. The molecule has 0 aromatic rings. The lowest BCUT2D eigenvalue weighted by Gasteiger charge is -2.30. The van der Waals surface area contributed by atoms with Crippen molar-refractivity contribution >= 4 is 11.7 Å². The van der Waals surface area contributed by atoms with Gasteiger partial charge in [-0.05, 0) is 0 Å². The molecule has 14 heavy (non-hydrogen) atoms. The Morgan fingerprint density at radius 1 is 1.71 bits per heavy atom. The van der Waals surface area contributed by atoms with Crippen LogP contribution >= 0.6 is 0 Å². The number of carbonyl (C=O) groups excluding carboxylic acids is 2. The standard InChI is InChI=1S/C9H17N3O2/c1-6-4-12(3-2-8(6)13)5-7(10)9(11)14/h6-7H,2-5,10H2,1H3,(H2,11,14). The first-order valence-corrected chi connectivity index (χ1v) is 4.80. The number of piperidine rings is 1. The minimum atomic E-state index is -0.629. The molecule has 0 aromatic heterocycles. The Kier molecular flexibility index (Phi) is 3.60. The number of nitrogens with two attached hydrogens (primary N) is 2. The zero-order valence-corrected chi connectivity index (χ0v) is 8.40. The Morgan fingerprint density at radius 2 is 2.36 bits per heavy atom. The smallest absolute Gasteiger partial charge is 0.235 e. The van der Waals surface area contributed by atoms with Crippen LogP contribution in [-0.2, 0) is 9.59 Å². The maximum absolute atomic E-state index is 11.2. The van der Waals surface area contributed by atoms with E-state index in [2.05, 4.69) is 0 Å². The van der Waals surface area contributed by atoms with Crippen LogP contribution in [0.2, 0.25) is 0 Å². The van der Waals surface area contributed by atoms with Crippen LogP contribution in [-0.4, -0.2) is 42.3 Å². The van der Waals surface area contributed by atoms with Gasteiger partial charge in [0.25, 0.3) is 0 Å². The number of hydrogen-bond donors (Lipinski definition) is 2. The van der Waals surface area contributed by atoms with Gasteiger partial charge < -0.3 is 16.4 Å². The number of amides is 1. The van der Waals surface area contributed by atoms with Crippen molar-refractivity contribution in [3.05, 3.63) is 0 Å². The van der Waals surface area contributed by atoms with Crippen molar-refractivity contribution in [2.45, 2.75) is 19.4 Å². The highest BCUT2D eigenvalue weighted by Crippen LogP contribution is 2.11. The van der Waals surface area contributed by atoms with E-state index in [-0.39, 0.29) is 11.7 Å². The second kappa shape index (κ2) is 4.52. The van der Waals surface area contributed by atoms with Gasteiger partial charge in [-0.3, -0.25) is 9.59 Å². The lowest BCUT2D eigenvalue weighted by Crippen LogP contribution is -2.49. The van der Waals surface area contributed by atoms with E-state index in [4.69, 9.17) is 11.5 Å². The molecule has 0 bridgehead atoms. The Labute approximate surface area is 83.4 Å². The van der Waals surface area contributed by atoms with Gasteiger partial charge in [-0.2, -0.15) is 0 Å². The van der Waals surface area contributed by atoms with Gasteiger partial charge in [-0.15, -0.1) is 0 Å². The predicted molar refractivity (Wildman–Crippen MR) is 52.4 cm³/mol. The Morgan fingerprint density at radius 3 is 2.86 bits per heavy atom. The summed E-state index contributed by atoms with van der Waals surface area (Å²) >= 11 is 0. The molecule has 1 heterocycles. The highest BCUT2D eigenvalue weighted by molar-refractivity contribution is 5.82. The lowest BCUT2D eigenvalue weighted by atomic mass is 9.98. The number of likely N-dealkylation sites (tertiary alicyclic amines) is 1. The largest absolute Gasteiger partial charge is 0.368 e. The van der Waals surface area contributed by atoms with Gasteiger partial charge in [0.2, 0.25) is 5.91 Å². The van der Waals surface area contributed by atoms with Gasteiger partial charge in [0.1, 0.15) is 5.78 Å². The SMILES string of the molecule is CC1CN(CC(N)C(N)=O)CCC1=O.